The van der Waals surface area contributed by atoms with E-state index in [4.69, 9.17) is 37.5 Å². The van der Waals surface area contributed by atoms with Crippen molar-refractivity contribution in [1.29, 1.82) is 0 Å². The number of amides is 1. The lowest BCUT2D eigenvalue weighted by atomic mass is 10.1. The van der Waals surface area contributed by atoms with Crippen LogP contribution in [0.2, 0.25) is 10.0 Å². The Hall–Kier alpha value is -2.77. The highest BCUT2D eigenvalue weighted by molar-refractivity contribution is 6.39. The number of pyridine rings is 1. The number of halogens is 2. The first kappa shape index (κ1) is 17.1. The molecular formula is C16H10Cl2N2O5. The molecule has 7 nitrogen and oxygen atoms in total. The van der Waals surface area contributed by atoms with Crippen LogP contribution in [0.25, 0.3) is 11.0 Å². The standard InChI is InChI=1S/C16H10Cl2N2O5/c1-24-11-3-2-7(8-4-12(16(22)23)25-14(8)11)15(21)20-13-9(17)5-19-6-10(13)18/h2-6H,1H3,(H,22,23)(H,19,20,21). The molecule has 9 heteroatoms. The third-order valence-electron chi connectivity index (χ3n) is 3.41. The summed E-state index contributed by atoms with van der Waals surface area (Å²) in [6, 6.07) is 4.24. The van der Waals surface area contributed by atoms with Crippen LogP contribution >= 0.6 is 23.2 Å². The van der Waals surface area contributed by atoms with Crippen molar-refractivity contribution in [2.24, 2.45) is 0 Å². The monoisotopic (exact) mass is 380 g/mol. The van der Waals surface area contributed by atoms with Gasteiger partial charge in [0, 0.05) is 23.8 Å². The number of rotatable bonds is 4. The van der Waals surface area contributed by atoms with Crippen molar-refractivity contribution in [3.8, 4) is 5.75 Å². The van der Waals surface area contributed by atoms with Crippen molar-refractivity contribution >= 4 is 51.7 Å². The fourth-order valence-electron chi connectivity index (χ4n) is 2.27. The maximum absolute atomic E-state index is 12.6. The number of hydrogen-bond acceptors (Lipinski definition) is 5. The molecule has 0 fully saturated rings. The van der Waals surface area contributed by atoms with E-state index < -0.39 is 11.9 Å². The van der Waals surface area contributed by atoms with E-state index in [0.717, 1.165) is 0 Å². The highest BCUT2D eigenvalue weighted by Gasteiger charge is 2.21. The fraction of sp³-hybridized carbons (Fsp3) is 0.0625. The number of carboxylic acids is 1. The van der Waals surface area contributed by atoms with E-state index in [1.165, 1.54) is 37.7 Å². The molecule has 0 unspecified atom stereocenters. The van der Waals surface area contributed by atoms with Crippen LogP contribution in [0.1, 0.15) is 20.9 Å². The molecule has 0 spiro atoms. The number of anilines is 1. The van der Waals surface area contributed by atoms with Gasteiger partial charge >= 0.3 is 5.97 Å². The summed E-state index contributed by atoms with van der Waals surface area (Å²) in [6.07, 6.45) is 2.68. The summed E-state index contributed by atoms with van der Waals surface area (Å²) in [5, 5.41) is 12.3. The second-order valence-corrected chi connectivity index (χ2v) is 5.72. The van der Waals surface area contributed by atoms with Crippen LogP contribution in [-0.2, 0) is 0 Å². The zero-order chi connectivity index (χ0) is 18.1. The molecule has 0 saturated carbocycles. The van der Waals surface area contributed by atoms with Gasteiger partial charge in [-0.1, -0.05) is 23.2 Å². The molecule has 128 valence electrons. The van der Waals surface area contributed by atoms with Crippen LogP contribution in [0.4, 0.5) is 5.69 Å². The fourth-order valence-corrected chi connectivity index (χ4v) is 2.73. The number of carboxylic acid groups (broad SMARTS) is 1. The molecule has 0 aliphatic heterocycles. The van der Waals surface area contributed by atoms with Gasteiger partial charge in [-0.15, -0.1) is 0 Å². The number of hydrogen-bond donors (Lipinski definition) is 2. The summed E-state index contributed by atoms with van der Waals surface area (Å²) in [5.41, 5.74) is 0.532. The largest absolute Gasteiger partial charge is 0.493 e. The number of carbonyl (C=O) groups is 2. The predicted molar refractivity (Wildman–Crippen MR) is 91.9 cm³/mol. The van der Waals surface area contributed by atoms with Gasteiger partial charge in [0.2, 0.25) is 5.76 Å². The molecule has 3 rings (SSSR count). The Kier molecular flexibility index (Phi) is 4.52. The summed E-state index contributed by atoms with van der Waals surface area (Å²) in [4.78, 5) is 27.6. The summed E-state index contributed by atoms with van der Waals surface area (Å²) >= 11 is 12.0. The first-order chi connectivity index (χ1) is 11.9. The first-order valence-electron chi connectivity index (χ1n) is 6.86. The third-order valence-corrected chi connectivity index (χ3v) is 3.99. The van der Waals surface area contributed by atoms with Gasteiger partial charge in [0.1, 0.15) is 0 Å². The van der Waals surface area contributed by atoms with Crippen molar-refractivity contribution < 1.29 is 23.8 Å². The summed E-state index contributed by atoms with van der Waals surface area (Å²) in [6.45, 7) is 0. The van der Waals surface area contributed by atoms with Gasteiger partial charge < -0.3 is 19.6 Å². The second-order valence-electron chi connectivity index (χ2n) is 4.91. The average molecular weight is 381 g/mol. The van der Waals surface area contributed by atoms with Crippen molar-refractivity contribution in [2.45, 2.75) is 0 Å². The topological polar surface area (TPSA) is 102 Å². The minimum atomic E-state index is -1.26. The number of methoxy groups -OCH3 is 1. The second kappa shape index (κ2) is 6.62. The van der Waals surface area contributed by atoms with Gasteiger partial charge in [-0.2, -0.15) is 0 Å². The highest BCUT2D eigenvalue weighted by atomic mass is 35.5. The van der Waals surface area contributed by atoms with Crippen LogP contribution in [0.5, 0.6) is 5.75 Å². The number of benzene rings is 1. The molecule has 0 radical (unpaired) electrons. The highest BCUT2D eigenvalue weighted by Crippen LogP contribution is 2.33. The van der Waals surface area contributed by atoms with Crippen molar-refractivity contribution in [3.63, 3.8) is 0 Å². The van der Waals surface area contributed by atoms with Crippen LogP contribution in [0.3, 0.4) is 0 Å². The van der Waals surface area contributed by atoms with E-state index in [0.29, 0.717) is 5.75 Å². The molecule has 3 aromatic rings. The SMILES string of the molecule is COc1ccc(C(=O)Nc2c(Cl)cncc2Cl)c2cc(C(=O)O)oc12. The third kappa shape index (κ3) is 3.11. The number of aromatic nitrogens is 1. The van der Waals surface area contributed by atoms with E-state index in [1.54, 1.807) is 0 Å². The first-order valence-corrected chi connectivity index (χ1v) is 7.62. The van der Waals surface area contributed by atoms with Gasteiger partial charge in [0.05, 0.1) is 28.4 Å². The van der Waals surface area contributed by atoms with Crippen LogP contribution < -0.4 is 10.1 Å². The van der Waals surface area contributed by atoms with Crippen LogP contribution in [0, 0.1) is 0 Å². The smallest absolute Gasteiger partial charge is 0.371 e. The molecule has 0 aliphatic carbocycles. The molecule has 0 saturated heterocycles. The molecule has 0 bridgehead atoms. The summed E-state index contributed by atoms with van der Waals surface area (Å²) in [7, 11) is 1.41. The van der Waals surface area contributed by atoms with Gasteiger partial charge in [0.25, 0.3) is 5.91 Å². The van der Waals surface area contributed by atoms with Crippen LogP contribution in [-0.4, -0.2) is 29.1 Å². The van der Waals surface area contributed by atoms with Gasteiger partial charge in [0.15, 0.2) is 11.3 Å². The molecule has 1 aromatic carbocycles. The number of nitrogens with one attached hydrogen (secondary N) is 1. The Morgan fingerprint density at radius 3 is 2.52 bits per heavy atom. The quantitative estimate of drug-likeness (QED) is 0.706. The normalized spacial score (nSPS) is 10.7. The van der Waals surface area contributed by atoms with Gasteiger partial charge in [-0.05, 0) is 12.1 Å². The Balaban J connectivity index is 2.09. The van der Waals surface area contributed by atoms with E-state index in [2.05, 4.69) is 10.3 Å². The maximum atomic E-state index is 12.6. The molecule has 1 amide bonds. The zero-order valence-corrected chi connectivity index (χ0v) is 14.2. The summed E-state index contributed by atoms with van der Waals surface area (Å²) < 4.78 is 10.4. The number of furan rings is 1. The Morgan fingerprint density at radius 2 is 1.92 bits per heavy atom. The zero-order valence-electron chi connectivity index (χ0n) is 12.7. The van der Waals surface area contributed by atoms with E-state index in [-0.39, 0.29) is 38.0 Å². The van der Waals surface area contributed by atoms with Crippen molar-refractivity contribution in [1.82, 2.24) is 4.98 Å². The lowest BCUT2D eigenvalue weighted by Gasteiger charge is -2.10. The molecule has 0 aliphatic rings. The van der Waals surface area contributed by atoms with E-state index >= 15 is 0 Å². The number of carbonyl (C=O) groups excluding carboxylic acids is 1. The van der Waals surface area contributed by atoms with Gasteiger partial charge in [-0.25, -0.2) is 4.79 Å². The van der Waals surface area contributed by atoms with Crippen molar-refractivity contribution in [2.75, 3.05) is 12.4 Å². The van der Waals surface area contributed by atoms with Crippen LogP contribution in [0.15, 0.2) is 35.0 Å². The molecular weight excluding hydrogens is 371 g/mol. The molecule has 25 heavy (non-hydrogen) atoms. The number of aromatic carboxylic acids is 1. The molecule has 0 atom stereocenters. The minimum absolute atomic E-state index is 0.152. The predicted octanol–water partition coefficient (Wildman–Crippen LogP) is 4.09. The lowest BCUT2D eigenvalue weighted by Crippen LogP contribution is -2.13. The van der Waals surface area contributed by atoms with Gasteiger partial charge in [-0.3, -0.25) is 9.78 Å². The Labute approximate surface area is 151 Å². The maximum Gasteiger partial charge on any atom is 0.371 e. The lowest BCUT2D eigenvalue weighted by molar-refractivity contribution is 0.0664. The molecule has 2 aromatic heterocycles. The number of fused-ring (bicyclic) bond motifs is 1. The molecule has 2 heterocycles. The number of nitrogens with zero attached hydrogens (tertiary/aromatic N) is 1. The minimum Gasteiger partial charge on any atom is -0.493 e. The Morgan fingerprint density at radius 1 is 1.24 bits per heavy atom. The summed E-state index contributed by atoms with van der Waals surface area (Å²) in [5.74, 6) is -1.81. The van der Waals surface area contributed by atoms with Crippen molar-refractivity contribution in [3.05, 3.63) is 52.0 Å². The number of ether oxygens (including phenoxy) is 1. The van der Waals surface area contributed by atoms with E-state index in [1.807, 2.05) is 0 Å². The molecule has 2 N–H and O–H groups in total. The van der Waals surface area contributed by atoms with E-state index in [9.17, 15) is 9.59 Å². The average Bonchev–Trinajstić information content (AvgIpc) is 3.02. The Bertz CT molecular complexity index is 979.